The maximum Gasteiger partial charge on any atom is 0.290 e. The Bertz CT molecular complexity index is 1270. The fourth-order valence-corrected chi connectivity index (χ4v) is 4.97. The number of furan rings is 1. The van der Waals surface area contributed by atoms with Gasteiger partial charge in [0.2, 0.25) is 5.78 Å². The topological polar surface area (TPSA) is 92.5 Å². The molecule has 2 aliphatic heterocycles. The van der Waals surface area contributed by atoms with E-state index in [-0.39, 0.29) is 11.3 Å². The van der Waals surface area contributed by atoms with Crippen molar-refractivity contribution in [1.82, 2.24) is 9.80 Å². The Morgan fingerprint density at radius 2 is 1.89 bits per heavy atom. The van der Waals surface area contributed by atoms with Crippen LogP contribution in [0, 0.1) is 0 Å². The lowest BCUT2D eigenvalue weighted by atomic mass is 9.94. The van der Waals surface area contributed by atoms with Crippen LogP contribution >= 0.6 is 0 Å². The molecule has 2 aromatic carbocycles. The number of rotatable bonds is 10. The Kier molecular flexibility index (Phi) is 7.58. The standard InChI is InChI=1S/C29H32N2O6/c1-2-15-36-22-9-5-8-21(18-22)26-25(27(32)24-19-20-7-3-4-10-23(20)37-24)28(33)29(34)31(26)12-6-11-30-13-16-35-17-14-30/h3-5,7-10,18-19,26,33H,2,6,11-17H2,1H3. The van der Waals surface area contributed by atoms with Gasteiger partial charge < -0.3 is 23.9 Å². The van der Waals surface area contributed by atoms with Crippen LogP contribution in [0.4, 0.5) is 0 Å². The number of hydrogen-bond donors (Lipinski definition) is 1. The van der Waals surface area contributed by atoms with Crippen LogP contribution in [0.25, 0.3) is 11.0 Å². The fourth-order valence-electron chi connectivity index (χ4n) is 4.97. The molecule has 8 nitrogen and oxygen atoms in total. The first-order chi connectivity index (χ1) is 18.1. The van der Waals surface area contributed by atoms with Gasteiger partial charge in [-0.2, -0.15) is 0 Å². The largest absolute Gasteiger partial charge is 0.503 e. The van der Waals surface area contributed by atoms with Crippen LogP contribution in [0.5, 0.6) is 5.75 Å². The lowest BCUT2D eigenvalue weighted by Gasteiger charge is -2.30. The number of aliphatic hydroxyl groups is 1. The number of aliphatic hydroxyl groups excluding tert-OH is 1. The Labute approximate surface area is 216 Å². The van der Waals surface area contributed by atoms with Crippen LogP contribution in [-0.4, -0.2) is 72.6 Å². The summed E-state index contributed by atoms with van der Waals surface area (Å²) in [5, 5.41) is 11.8. The molecular formula is C29H32N2O6. The molecule has 1 amide bonds. The number of morpholine rings is 1. The summed E-state index contributed by atoms with van der Waals surface area (Å²) in [6.07, 6.45) is 1.56. The molecule has 0 aliphatic carbocycles. The Balaban J connectivity index is 1.46. The van der Waals surface area contributed by atoms with Gasteiger partial charge >= 0.3 is 0 Å². The van der Waals surface area contributed by atoms with Gasteiger partial charge in [-0.15, -0.1) is 0 Å². The first kappa shape index (κ1) is 25.0. The van der Waals surface area contributed by atoms with Crippen molar-refractivity contribution < 1.29 is 28.6 Å². The predicted octanol–water partition coefficient (Wildman–Crippen LogP) is 4.52. The molecule has 5 rings (SSSR count). The van der Waals surface area contributed by atoms with E-state index in [9.17, 15) is 14.7 Å². The Hall–Kier alpha value is -3.62. The number of benzene rings is 2. The van der Waals surface area contributed by atoms with E-state index in [4.69, 9.17) is 13.9 Å². The molecule has 2 aliphatic rings. The van der Waals surface area contributed by atoms with Gasteiger partial charge in [0, 0.05) is 31.6 Å². The number of carbonyl (C=O) groups excluding carboxylic acids is 2. The van der Waals surface area contributed by atoms with Crippen LogP contribution in [0.1, 0.15) is 41.9 Å². The number of Topliss-reactive ketones (excluding diaryl/α,β-unsaturated/α-hetero) is 1. The van der Waals surface area contributed by atoms with E-state index in [1.54, 1.807) is 17.0 Å². The normalized spacial score (nSPS) is 18.7. The summed E-state index contributed by atoms with van der Waals surface area (Å²) in [4.78, 5) is 30.9. The van der Waals surface area contributed by atoms with Crippen molar-refractivity contribution in [2.75, 3.05) is 46.0 Å². The lowest BCUT2D eigenvalue weighted by Crippen LogP contribution is -2.39. The van der Waals surface area contributed by atoms with E-state index in [1.807, 2.05) is 49.4 Å². The Morgan fingerprint density at radius 3 is 2.68 bits per heavy atom. The molecule has 8 heteroatoms. The number of carbonyl (C=O) groups is 2. The van der Waals surface area contributed by atoms with E-state index in [1.165, 1.54) is 0 Å². The number of ketones is 1. The van der Waals surface area contributed by atoms with Crippen molar-refractivity contribution in [3.8, 4) is 5.75 Å². The van der Waals surface area contributed by atoms with Gasteiger partial charge in [-0.25, -0.2) is 0 Å². The van der Waals surface area contributed by atoms with Crippen molar-refractivity contribution in [1.29, 1.82) is 0 Å². The zero-order chi connectivity index (χ0) is 25.8. The third-order valence-corrected chi connectivity index (χ3v) is 6.82. The van der Waals surface area contributed by atoms with Crippen LogP contribution in [0.3, 0.4) is 0 Å². The molecule has 1 atom stereocenters. The van der Waals surface area contributed by atoms with Gasteiger partial charge in [0.05, 0.1) is 31.4 Å². The summed E-state index contributed by atoms with van der Waals surface area (Å²) in [6, 6.07) is 15.6. The van der Waals surface area contributed by atoms with Crippen molar-refractivity contribution >= 4 is 22.7 Å². The minimum Gasteiger partial charge on any atom is -0.503 e. The van der Waals surface area contributed by atoms with E-state index in [0.717, 1.165) is 31.4 Å². The maximum absolute atomic E-state index is 13.7. The average molecular weight is 505 g/mol. The highest BCUT2D eigenvalue weighted by molar-refractivity contribution is 6.16. The molecule has 3 heterocycles. The third kappa shape index (κ3) is 5.26. The second kappa shape index (κ2) is 11.2. The molecule has 0 saturated carbocycles. The highest BCUT2D eigenvalue weighted by atomic mass is 16.5. The molecule has 0 bridgehead atoms. The molecule has 0 spiro atoms. The van der Waals surface area contributed by atoms with E-state index >= 15 is 0 Å². The number of hydrogen-bond acceptors (Lipinski definition) is 7. The molecule has 1 unspecified atom stereocenters. The molecule has 194 valence electrons. The van der Waals surface area contributed by atoms with Crippen LogP contribution in [0.2, 0.25) is 0 Å². The van der Waals surface area contributed by atoms with Crippen molar-refractivity contribution in [2.45, 2.75) is 25.8 Å². The maximum atomic E-state index is 13.7. The summed E-state index contributed by atoms with van der Waals surface area (Å²) < 4.78 is 17.1. The second-order valence-corrected chi connectivity index (χ2v) is 9.37. The van der Waals surface area contributed by atoms with Gasteiger partial charge in [0.1, 0.15) is 11.3 Å². The van der Waals surface area contributed by atoms with E-state index < -0.39 is 23.5 Å². The molecule has 3 aromatic rings. The first-order valence-corrected chi connectivity index (χ1v) is 12.9. The van der Waals surface area contributed by atoms with E-state index in [2.05, 4.69) is 4.90 Å². The Morgan fingerprint density at radius 1 is 1.08 bits per heavy atom. The second-order valence-electron chi connectivity index (χ2n) is 9.37. The molecule has 1 fully saturated rings. The minimum absolute atomic E-state index is 0.0306. The van der Waals surface area contributed by atoms with Crippen LogP contribution < -0.4 is 4.74 Å². The monoisotopic (exact) mass is 504 g/mol. The van der Waals surface area contributed by atoms with Crippen LogP contribution in [0.15, 0.2) is 70.3 Å². The highest BCUT2D eigenvalue weighted by Crippen LogP contribution is 2.40. The average Bonchev–Trinajstić information content (AvgIpc) is 3.47. The summed E-state index contributed by atoms with van der Waals surface area (Å²) in [5.41, 5.74) is 1.31. The molecule has 1 N–H and O–H groups in total. The van der Waals surface area contributed by atoms with Crippen LogP contribution in [-0.2, 0) is 9.53 Å². The number of amides is 1. The SMILES string of the molecule is CCCOc1cccc(C2C(C(=O)c3cc4ccccc4o3)=C(O)C(=O)N2CCCN2CCOCC2)c1. The van der Waals surface area contributed by atoms with Gasteiger partial charge in [-0.3, -0.25) is 14.5 Å². The summed E-state index contributed by atoms with van der Waals surface area (Å²) in [6.45, 7) is 6.89. The zero-order valence-electron chi connectivity index (χ0n) is 21.0. The van der Waals surface area contributed by atoms with Crippen molar-refractivity contribution in [3.05, 3.63) is 77.3 Å². The highest BCUT2D eigenvalue weighted by Gasteiger charge is 2.44. The molecular weight excluding hydrogens is 472 g/mol. The first-order valence-electron chi connectivity index (χ1n) is 12.9. The molecule has 0 radical (unpaired) electrons. The van der Waals surface area contributed by atoms with Gasteiger partial charge in [0.15, 0.2) is 11.5 Å². The zero-order valence-corrected chi connectivity index (χ0v) is 21.0. The predicted molar refractivity (Wildman–Crippen MR) is 139 cm³/mol. The number of fused-ring (bicyclic) bond motifs is 1. The third-order valence-electron chi connectivity index (χ3n) is 6.82. The molecule has 37 heavy (non-hydrogen) atoms. The number of nitrogens with zero attached hydrogens (tertiary/aromatic N) is 2. The van der Waals surface area contributed by atoms with Gasteiger partial charge in [0.25, 0.3) is 5.91 Å². The van der Waals surface area contributed by atoms with Crippen molar-refractivity contribution in [2.24, 2.45) is 0 Å². The lowest BCUT2D eigenvalue weighted by molar-refractivity contribution is -0.129. The van der Waals surface area contributed by atoms with E-state index in [0.29, 0.717) is 49.7 Å². The summed E-state index contributed by atoms with van der Waals surface area (Å²) in [7, 11) is 0. The van der Waals surface area contributed by atoms with Crippen molar-refractivity contribution in [3.63, 3.8) is 0 Å². The fraction of sp³-hybridized carbons (Fsp3) is 0.379. The number of para-hydroxylation sites is 1. The van der Waals surface area contributed by atoms with Gasteiger partial charge in [-0.05, 0) is 42.7 Å². The smallest absolute Gasteiger partial charge is 0.290 e. The minimum atomic E-state index is -0.747. The molecule has 1 saturated heterocycles. The summed E-state index contributed by atoms with van der Waals surface area (Å²) >= 11 is 0. The van der Waals surface area contributed by atoms with Gasteiger partial charge in [-0.1, -0.05) is 37.3 Å². The number of ether oxygens (including phenoxy) is 2. The molecule has 1 aromatic heterocycles. The quantitative estimate of drug-likeness (QED) is 0.406. The summed E-state index contributed by atoms with van der Waals surface area (Å²) in [5.74, 6) is -0.827.